The number of hydrogen-bond donors (Lipinski definition) is 2. The Balaban J connectivity index is 1.63. The molecule has 0 saturated carbocycles. The molecule has 2 aromatic carbocycles. The number of rotatable bonds is 11. The van der Waals surface area contributed by atoms with E-state index in [9.17, 15) is 14.4 Å². The average Bonchev–Trinajstić information content (AvgIpc) is 3.65. The minimum Gasteiger partial charge on any atom is -0.494 e. The molecule has 9 heteroatoms. The first kappa shape index (κ1) is 26.0. The largest absolute Gasteiger partial charge is 0.494 e. The van der Waals surface area contributed by atoms with Crippen LogP contribution in [0.15, 0.2) is 77.4 Å². The van der Waals surface area contributed by atoms with Gasteiger partial charge in [0.25, 0.3) is 5.91 Å². The molecule has 2 heterocycles. The first-order valence-corrected chi connectivity index (χ1v) is 12.4. The maximum Gasteiger partial charge on any atom is 0.287 e. The normalized spacial score (nSPS) is 15.5. The first-order valence-electron chi connectivity index (χ1n) is 12.4. The molecule has 4 rings (SSSR count). The van der Waals surface area contributed by atoms with Crippen LogP contribution in [-0.4, -0.2) is 50.1 Å². The van der Waals surface area contributed by atoms with E-state index in [0.717, 1.165) is 12.8 Å². The second-order valence-electron chi connectivity index (χ2n) is 8.54. The SMILES string of the molecule is CCOc1ccc(N(C(=O)CNC(=O)c2ccco2)[C@@H](C(=O)NC[C@@H]2CCCO2)c2ccccc2)cc1. The summed E-state index contributed by atoms with van der Waals surface area (Å²) in [6.07, 6.45) is 3.15. The zero-order chi connectivity index (χ0) is 26.0. The van der Waals surface area contributed by atoms with E-state index in [0.29, 0.717) is 36.8 Å². The van der Waals surface area contributed by atoms with Gasteiger partial charge < -0.3 is 24.5 Å². The number of nitrogens with one attached hydrogen (secondary N) is 2. The Hall–Kier alpha value is -4.11. The quantitative estimate of drug-likeness (QED) is 0.413. The summed E-state index contributed by atoms with van der Waals surface area (Å²) in [6, 6.07) is 18.1. The predicted octanol–water partition coefficient (Wildman–Crippen LogP) is 3.48. The molecule has 1 aliphatic rings. The standard InChI is InChI=1S/C28H31N3O6/c1-2-35-22-14-12-21(13-15-22)31(25(32)19-30-27(33)24-11-7-17-37-24)26(20-8-4-3-5-9-20)28(34)29-18-23-10-6-16-36-23/h3-5,7-9,11-15,17,23,26H,2,6,10,16,18-19H2,1H3,(H,29,34)(H,30,33)/t23-,26+/m0/s1. The molecule has 1 saturated heterocycles. The summed E-state index contributed by atoms with van der Waals surface area (Å²) in [5, 5.41) is 5.55. The van der Waals surface area contributed by atoms with Crippen molar-refractivity contribution in [3.63, 3.8) is 0 Å². The fourth-order valence-electron chi connectivity index (χ4n) is 4.21. The van der Waals surface area contributed by atoms with Gasteiger partial charge in [-0.1, -0.05) is 30.3 Å². The summed E-state index contributed by atoms with van der Waals surface area (Å²) in [5.41, 5.74) is 1.12. The second kappa shape index (κ2) is 12.7. The van der Waals surface area contributed by atoms with Gasteiger partial charge in [-0.3, -0.25) is 19.3 Å². The molecule has 0 bridgehead atoms. The third-order valence-electron chi connectivity index (χ3n) is 5.99. The lowest BCUT2D eigenvalue weighted by molar-refractivity contribution is -0.126. The summed E-state index contributed by atoms with van der Waals surface area (Å²) in [6.45, 7) is 3.07. The molecule has 0 unspecified atom stereocenters. The van der Waals surface area contributed by atoms with Gasteiger partial charge in [0.2, 0.25) is 11.8 Å². The average molecular weight is 506 g/mol. The number of benzene rings is 2. The van der Waals surface area contributed by atoms with Gasteiger partial charge in [0.15, 0.2) is 5.76 Å². The zero-order valence-corrected chi connectivity index (χ0v) is 20.7. The van der Waals surface area contributed by atoms with E-state index in [1.165, 1.54) is 17.2 Å². The van der Waals surface area contributed by atoms with Crippen molar-refractivity contribution in [1.82, 2.24) is 10.6 Å². The van der Waals surface area contributed by atoms with Crippen LogP contribution in [0.5, 0.6) is 5.75 Å². The Morgan fingerprint density at radius 3 is 2.46 bits per heavy atom. The van der Waals surface area contributed by atoms with Gasteiger partial charge >= 0.3 is 0 Å². The Morgan fingerprint density at radius 2 is 1.81 bits per heavy atom. The van der Waals surface area contributed by atoms with E-state index in [1.54, 1.807) is 42.5 Å². The maximum atomic E-state index is 13.7. The second-order valence-corrected chi connectivity index (χ2v) is 8.54. The lowest BCUT2D eigenvalue weighted by atomic mass is 10.0. The van der Waals surface area contributed by atoms with Gasteiger partial charge in [-0.05, 0) is 61.7 Å². The monoisotopic (exact) mass is 505 g/mol. The van der Waals surface area contributed by atoms with E-state index in [-0.39, 0.29) is 24.3 Å². The van der Waals surface area contributed by atoms with E-state index < -0.39 is 17.9 Å². The Morgan fingerprint density at radius 1 is 1.03 bits per heavy atom. The minimum atomic E-state index is -0.978. The van der Waals surface area contributed by atoms with Crippen LogP contribution in [0.25, 0.3) is 0 Å². The van der Waals surface area contributed by atoms with Crippen molar-refractivity contribution < 1.29 is 28.3 Å². The highest BCUT2D eigenvalue weighted by Gasteiger charge is 2.33. The first-order chi connectivity index (χ1) is 18.1. The zero-order valence-electron chi connectivity index (χ0n) is 20.7. The number of carbonyl (C=O) groups is 3. The molecule has 0 radical (unpaired) electrons. The Bertz CT molecular complexity index is 1160. The molecule has 2 atom stereocenters. The van der Waals surface area contributed by atoms with Gasteiger partial charge in [-0.15, -0.1) is 0 Å². The van der Waals surface area contributed by atoms with E-state index >= 15 is 0 Å². The molecule has 3 aromatic rings. The highest BCUT2D eigenvalue weighted by atomic mass is 16.5. The van der Waals surface area contributed by atoms with Crippen LogP contribution < -0.4 is 20.3 Å². The summed E-state index contributed by atoms with van der Waals surface area (Å²) in [4.78, 5) is 41.1. The van der Waals surface area contributed by atoms with Crippen molar-refractivity contribution in [2.75, 3.05) is 31.2 Å². The lowest BCUT2D eigenvalue weighted by Gasteiger charge is -2.32. The summed E-state index contributed by atoms with van der Waals surface area (Å²) < 4.78 is 16.3. The van der Waals surface area contributed by atoms with Crippen molar-refractivity contribution in [3.05, 3.63) is 84.3 Å². The van der Waals surface area contributed by atoms with Crippen LogP contribution in [-0.2, 0) is 14.3 Å². The van der Waals surface area contributed by atoms with Gasteiger partial charge in [0.05, 0.1) is 25.5 Å². The molecule has 3 amide bonds. The molecule has 1 fully saturated rings. The third-order valence-corrected chi connectivity index (χ3v) is 5.99. The smallest absolute Gasteiger partial charge is 0.287 e. The van der Waals surface area contributed by atoms with Crippen LogP contribution in [0.2, 0.25) is 0 Å². The Labute approximate surface area is 215 Å². The van der Waals surface area contributed by atoms with Crippen LogP contribution in [0, 0.1) is 0 Å². The number of amides is 3. The number of anilines is 1. The van der Waals surface area contributed by atoms with E-state index in [1.807, 2.05) is 25.1 Å². The predicted molar refractivity (Wildman–Crippen MR) is 137 cm³/mol. The number of carbonyl (C=O) groups excluding carboxylic acids is 3. The van der Waals surface area contributed by atoms with E-state index in [2.05, 4.69) is 10.6 Å². The number of hydrogen-bond acceptors (Lipinski definition) is 6. The minimum absolute atomic E-state index is 0.0532. The molecule has 1 aromatic heterocycles. The number of furan rings is 1. The van der Waals surface area contributed by atoms with E-state index in [4.69, 9.17) is 13.9 Å². The third kappa shape index (κ3) is 6.77. The number of ether oxygens (including phenoxy) is 2. The topological polar surface area (TPSA) is 110 Å². The highest BCUT2D eigenvalue weighted by molar-refractivity contribution is 6.04. The van der Waals surface area contributed by atoms with Gasteiger partial charge in [-0.2, -0.15) is 0 Å². The van der Waals surface area contributed by atoms with Gasteiger partial charge in [-0.25, -0.2) is 0 Å². The fourth-order valence-corrected chi connectivity index (χ4v) is 4.21. The van der Waals surface area contributed by atoms with Crippen LogP contribution in [0.4, 0.5) is 5.69 Å². The lowest BCUT2D eigenvalue weighted by Crippen LogP contribution is -2.48. The number of nitrogens with zero attached hydrogens (tertiary/aromatic N) is 1. The van der Waals surface area contributed by atoms with Crippen molar-refractivity contribution >= 4 is 23.4 Å². The Kier molecular flexibility index (Phi) is 8.93. The molecule has 9 nitrogen and oxygen atoms in total. The van der Waals surface area contributed by atoms with Crippen LogP contribution in [0.1, 0.15) is 41.9 Å². The van der Waals surface area contributed by atoms with Gasteiger partial charge in [0.1, 0.15) is 11.8 Å². The molecule has 194 valence electrons. The molecule has 37 heavy (non-hydrogen) atoms. The summed E-state index contributed by atoms with van der Waals surface area (Å²) in [5.74, 6) is -0.603. The fraction of sp³-hybridized carbons (Fsp3) is 0.321. The molecular formula is C28H31N3O6. The van der Waals surface area contributed by atoms with Crippen molar-refractivity contribution in [2.24, 2.45) is 0 Å². The van der Waals surface area contributed by atoms with Crippen molar-refractivity contribution in [1.29, 1.82) is 0 Å². The molecule has 1 aliphatic heterocycles. The molecule has 2 N–H and O–H groups in total. The maximum absolute atomic E-state index is 13.7. The molecular weight excluding hydrogens is 474 g/mol. The van der Waals surface area contributed by atoms with Gasteiger partial charge in [0, 0.05) is 18.8 Å². The molecule has 0 spiro atoms. The van der Waals surface area contributed by atoms with Crippen LogP contribution in [0.3, 0.4) is 0 Å². The summed E-state index contributed by atoms with van der Waals surface area (Å²) in [7, 11) is 0. The van der Waals surface area contributed by atoms with Crippen LogP contribution >= 0.6 is 0 Å². The highest BCUT2D eigenvalue weighted by Crippen LogP contribution is 2.30. The summed E-state index contributed by atoms with van der Waals surface area (Å²) >= 11 is 0. The molecule has 0 aliphatic carbocycles. The van der Waals surface area contributed by atoms with Crippen molar-refractivity contribution in [2.45, 2.75) is 31.9 Å². The van der Waals surface area contributed by atoms with Crippen molar-refractivity contribution in [3.8, 4) is 5.75 Å².